The maximum absolute atomic E-state index is 9.90. The lowest BCUT2D eigenvalue weighted by Gasteiger charge is -2.28. The molecule has 2 rings (SSSR count). The molecular formula is C16H22O2. The Balaban J connectivity index is 2.34. The Bertz CT molecular complexity index is 477. The fraction of sp³-hybridized carbons (Fsp3) is 0.500. The molecule has 2 heteroatoms. The molecule has 0 fully saturated rings. The van der Waals surface area contributed by atoms with E-state index in [1.165, 1.54) is 5.56 Å². The van der Waals surface area contributed by atoms with E-state index in [4.69, 9.17) is 0 Å². The van der Waals surface area contributed by atoms with Crippen LogP contribution in [0.2, 0.25) is 0 Å². The summed E-state index contributed by atoms with van der Waals surface area (Å²) in [5, 5.41) is 19.7. The van der Waals surface area contributed by atoms with Gasteiger partial charge in [0.05, 0.1) is 5.76 Å². The second kappa shape index (κ2) is 4.68. The van der Waals surface area contributed by atoms with Gasteiger partial charge in [0.2, 0.25) is 0 Å². The number of phenols is 1. The number of benzene rings is 1. The van der Waals surface area contributed by atoms with Gasteiger partial charge in [0, 0.05) is 5.92 Å². The van der Waals surface area contributed by atoms with Crippen molar-refractivity contribution < 1.29 is 10.2 Å². The first-order valence-electron chi connectivity index (χ1n) is 6.58. The van der Waals surface area contributed by atoms with Crippen LogP contribution in [0.3, 0.4) is 0 Å². The summed E-state index contributed by atoms with van der Waals surface area (Å²) >= 11 is 0. The molecule has 2 nitrogen and oxygen atoms in total. The molecule has 98 valence electrons. The Morgan fingerprint density at radius 1 is 1.06 bits per heavy atom. The average Bonchev–Trinajstić information content (AvgIpc) is 2.31. The van der Waals surface area contributed by atoms with Crippen molar-refractivity contribution in [2.45, 2.75) is 46.5 Å². The first-order valence-corrected chi connectivity index (χ1v) is 6.58. The van der Waals surface area contributed by atoms with E-state index in [0.717, 1.165) is 29.5 Å². The lowest BCUT2D eigenvalue weighted by atomic mass is 9.78. The minimum atomic E-state index is 0.234. The maximum Gasteiger partial charge on any atom is 0.121 e. The van der Waals surface area contributed by atoms with Crippen molar-refractivity contribution in [1.29, 1.82) is 0 Å². The topological polar surface area (TPSA) is 40.5 Å². The van der Waals surface area contributed by atoms with Gasteiger partial charge in [-0.25, -0.2) is 0 Å². The molecule has 0 spiro atoms. The van der Waals surface area contributed by atoms with Crippen molar-refractivity contribution in [2.75, 3.05) is 0 Å². The minimum absolute atomic E-state index is 0.234. The molecule has 2 unspecified atom stereocenters. The van der Waals surface area contributed by atoms with Crippen molar-refractivity contribution in [3.8, 4) is 5.75 Å². The Morgan fingerprint density at radius 3 is 2.11 bits per heavy atom. The van der Waals surface area contributed by atoms with Crippen LogP contribution in [0.5, 0.6) is 5.75 Å². The predicted octanol–water partition coefficient (Wildman–Crippen LogP) is 4.35. The highest BCUT2D eigenvalue weighted by atomic mass is 16.3. The van der Waals surface area contributed by atoms with Gasteiger partial charge in [-0.15, -0.1) is 0 Å². The molecule has 2 N–H and O–H groups in total. The maximum atomic E-state index is 9.90. The summed E-state index contributed by atoms with van der Waals surface area (Å²) in [6.07, 6.45) is 1.90. The number of aliphatic hydroxyl groups excluding tert-OH is 1. The number of phenolic OH excluding ortho intramolecular Hbond substituents is 1. The molecular weight excluding hydrogens is 224 g/mol. The van der Waals surface area contributed by atoms with Crippen LogP contribution in [0, 0.1) is 19.8 Å². The second-order valence-electron chi connectivity index (χ2n) is 5.71. The highest BCUT2D eigenvalue weighted by molar-refractivity contribution is 5.43. The van der Waals surface area contributed by atoms with Gasteiger partial charge in [-0.2, -0.15) is 0 Å². The van der Waals surface area contributed by atoms with Gasteiger partial charge in [-0.05, 0) is 61.8 Å². The zero-order valence-electron chi connectivity index (χ0n) is 11.6. The first kappa shape index (κ1) is 13.0. The fourth-order valence-electron chi connectivity index (χ4n) is 3.00. The molecule has 0 saturated carbocycles. The fourth-order valence-corrected chi connectivity index (χ4v) is 3.00. The van der Waals surface area contributed by atoms with Crippen LogP contribution in [-0.2, 0) is 0 Å². The Hall–Kier alpha value is -1.44. The van der Waals surface area contributed by atoms with Crippen LogP contribution >= 0.6 is 0 Å². The quantitative estimate of drug-likeness (QED) is 0.773. The van der Waals surface area contributed by atoms with Gasteiger partial charge in [-0.1, -0.05) is 19.1 Å². The van der Waals surface area contributed by atoms with E-state index in [0.29, 0.717) is 17.4 Å². The third-order valence-electron chi connectivity index (χ3n) is 4.08. The van der Waals surface area contributed by atoms with Gasteiger partial charge in [0.25, 0.3) is 0 Å². The van der Waals surface area contributed by atoms with E-state index < -0.39 is 0 Å². The molecule has 0 aromatic heterocycles. The van der Waals surface area contributed by atoms with Crippen LogP contribution < -0.4 is 0 Å². The van der Waals surface area contributed by atoms with Crippen molar-refractivity contribution in [3.05, 3.63) is 40.2 Å². The van der Waals surface area contributed by atoms with E-state index >= 15 is 0 Å². The van der Waals surface area contributed by atoms with Crippen LogP contribution in [-0.4, -0.2) is 10.2 Å². The summed E-state index contributed by atoms with van der Waals surface area (Å²) in [7, 11) is 0. The molecule has 0 radical (unpaired) electrons. The first-order chi connectivity index (χ1) is 8.40. The predicted molar refractivity (Wildman–Crippen MR) is 74.0 cm³/mol. The lowest BCUT2D eigenvalue weighted by Crippen LogP contribution is -2.15. The van der Waals surface area contributed by atoms with E-state index in [1.807, 2.05) is 20.8 Å². The summed E-state index contributed by atoms with van der Waals surface area (Å²) in [6, 6.07) is 4.16. The number of aromatic hydroxyl groups is 1. The molecule has 0 aliphatic heterocycles. The number of rotatable bonds is 1. The smallest absolute Gasteiger partial charge is 0.121 e. The minimum Gasteiger partial charge on any atom is -0.512 e. The van der Waals surface area contributed by atoms with Gasteiger partial charge >= 0.3 is 0 Å². The zero-order chi connectivity index (χ0) is 13.4. The Kier molecular flexibility index (Phi) is 3.38. The lowest BCUT2D eigenvalue weighted by molar-refractivity contribution is 0.291. The monoisotopic (exact) mass is 246 g/mol. The van der Waals surface area contributed by atoms with Gasteiger partial charge in [0.15, 0.2) is 0 Å². The molecule has 2 atom stereocenters. The average molecular weight is 246 g/mol. The van der Waals surface area contributed by atoms with Crippen LogP contribution in [0.25, 0.3) is 0 Å². The highest BCUT2D eigenvalue weighted by Gasteiger charge is 2.26. The van der Waals surface area contributed by atoms with Crippen molar-refractivity contribution >= 4 is 0 Å². The Morgan fingerprint density at radius 2 is 1.61 bits per heavy atom. The molecule has 0 heterocycles. The van der Waals surface area contributed by atoms with Crippen LogP contribution in [0.1, 0.15) is 49.3 Å². The highest BCUT2D eigenvalue weighted by Crippen LogP contribution is 2.40. The molecule has 0 bridgehead atoms. The number of hydrogen-bond acceptors (Lipinski definition) is 2. The largest absolute Gasteiger partial charge is 0.512 e. The van der Waals surface area contributed by atoms with Crippen molar-refractivity contribution in [1.82, 2.24) is 0 Å². The van der Waals surface area contributed by atoms with Crippen LogP contribution in [0.4, 0.5) is 0 Å². The molecule has 1 aromatic rings. The number of hydrogen-bond donors (Lipinski definition) is 2. The number of aliphatic hydroxyl groups is 1. The SMILES string of the molecule is CC1=C(O)C(C)CC(c2cc(C)c(O)c(C)c2)C1. The van der Waals surface area contributed by atoms with E-state index in [9.17, 15) is 10.2 Å². The third kappa shape index (κ3) is 2.24. The summed E-state index contributed by atoms with van der Waals surface area (Å²) in [5.41, 5.74) is 4.26. The zero-order valence-corrected chi connectivity index (χ0v) is 11.6. The van der Waals surface area contributed by atoms with Crippen LogP contribution in [0.15, 0.2) is 23.5 Å². The van der Waals surface area contributed by atoms with Crippen molar-refractivity contribution in [2.24, 2.45) is 5.92 Å². The molecule has 1 aliphatic carbocycles. The second-order valence-corrected chi connectivity index (χ2v) is 5.71. The Labute approximate surface area is 109 Å². The van der Waals surface area contributed by atoms with Gasteiger partial charge in [-0.3, -0.25) is 0 Å². The summed E-state index contributed by atoms with van der Waals surface area (Å²) in [6.45, 7) is 7.97. The normalized spacial score (nSPS) is 24.4. The van der Waals surface area contributed by atoms with E-state index in [2.05, 4.69) is 19.1 Å². The standard InChI is InChI=1S/C16H22O2/c1-9-5-13(6-10(2)15(9)17)14-7-11(3)16(18)12(4)8-14/h5-6,11,14,17-18H,7-8H2,1-4H3. The number of aryl methyl sites for hydroxylation is 2. The van der Waals surface area contributed by atoms with Gasteiger partial charge in [0.1, 0.15) is 5.75 Å². The van der Waals surface area contributed by atoms with Crippen molar-refractivity contribution in [3.63, 3.8) is 0 Å². The third-order valence-corrected chi connectivity index (χ3v) is 4.08. The molecule has 1 aliphatic rings. The molecule has 18 heavy (non-hydrogen) atoms. The summed E-state index contributed by atoms with van der Waals surface area (Å²) in [5.74, 6) is 1.66. The summed E-state index contributed by atoms with van der Waals surface area (Å²) < 4.78 is 0. The molecule has 0 saturated heterocycles. The summed E-state index contributed by atoms with van der Waals surface area (Å²) in [4.78, 5) is 0. The molecule has 0 amide bonds. The number of allylic oxidation sites excluding steroid dienone is 2. The van der Waals surface area contributed by atoms with E-state index in [-0.39, 0.29) is 5.92 Å². The molecule has 1 aromatic carbocycles. The van der Waals surface area contributed by atoms with E-state index in [1.54, 1.807) is 0 Å². The van der Waals surface area contributed by atoms with Gasteiger partial charge < -0.3 is 10.2 Å².